The van der Waals surface area contributed by atoms with Gasteiger partial charge in [0.25, 0.3) is 0 Å². The molecule has 30 heavy (non-hydrogen) atoms. The van der Waals surface area contributed by atoms with Crippen molar-refractivity contribution in [1.82, 2.24) is 9.88 Å². The molecular weight excluding hydrogens is 437 g/mol. The largest absolute Gasteiger partial charge is 0.464 e. The molecule has 1 saturated heterocycles. The van der Waals surface area contributed by atoms with E-state index in [0.717, 1.165) is 6.07 Å². The van der Waals surface area contributed by atoms with E-state index in [9.17, 15) is 22.4 Å². The van der Waals surface area contributed by atoms with E-state index in [2.05, 4.69) is 9.72 Å². The topological polar surface area (TPSA) is 96.9 Å². The molecule has 1 aromatic heterocycles. The molecule has 0 bridgehead atoms. The lowest BCUT2D eigenvalue weighted by Gasteiger charge is -2.33. The Morgan fingerprint density at radius 3 is 2.50 bits per heavy atom. The van der Waals surface area contributed by atoms with Crippen molar-refractivity contribution >= 4 is 39.1 Å². The second-order valence-electron chi connectivity index (χ2n) is 6.65. The summed E-state index contributed by atoms with van der Waals surface area (Å²) in [7, 11) is -1.92. The van der Waals surface area contributed by atoms with Crippen LogP contribution in [-0.4, -0.2) is 62.0 Å². The van der Waals surface area contributed by atoms with Gasteiger partial charge < -0.3 is 9.64 Å². The molecule has 2 heterocycles. The van der Waals surface area contributed by atoms with Crippen molar-refractivity contribution in [2.24, 2.45) is 0 Å². The van der Waals surface area contributed by atoms with E-state index in [1.807, 2.05) is 0 Å². The summed E-state index contributed by atoms with van der Waals surface area (Å²) < 4.78 is 41.6. The molecule has 0 unspecified atom stereocenters. The molecule has 1 aliphatic heterocycles. The number of halogens is 2. The fraction of sp³-hybridized carbons (Fsp3) is 0.316. The number of hydrogen-bond acceptors (Lipinski definition) is 6. The number of methoxy groups -OCH3 is 1. The van der Waals surface area contributed by atoms with Gasteiger partial charge >= 0.3 is 12.0 Å². The molecule has 0 atom stereocenters. The Balaban J connectivity index is 1.88. The number of rotatable bonds is 4. The van der Waals surface area contributed by atoms with Gasteiger partial charge in [-0.15, -0.1) is 0 Å². The van der Waals surface area contributed by atoms with Gasteiger partial charge in [-0.05, 0) is 29.8 Å². The van der Waals surface area contributed by atoms with Crippen molar-refractivity contribution in [1.29, 1.82) is 0 Å². The number of anilines is 1. The minimum Gasteiger partial charge on any atom is -0.464 e. The van der Waals surface area contributed by atoms with Crippen molar-refractivity contribution in [2.45, 2.75) is 6.54 Å². The minimum absolute atomic E-state index is 0.0541. The van der Waals surface area contributed by atoms with E-state index in [1.54, 1.807) is 6.07 Å². The summed E-state index contributed by atoms with van der Waals surface area (Å²) in [5.41, 5.74) is 1.06. The monoisotopic (exact) mass is 455 g/mol. The summed E-state index contributed by atoms with van der Waals surface area (Å²) in [5.74, 6) is -1.45. The van der Waals surface area contributed by atoms with E-state index >= 15 is 0 Å². The summed E-state index contributed by atoms with van der Waals surface area (Å²) in [4.78, 5) is 31.5. The van der Waals surface area contributed by atoms with E-state index in [-0.39, 0.29) is 41.9 Å². The SMILES string of the molecule is COC(=O)c1ccc(CN(C(=O)N2CCS(=O)(=O)CC2)c2ccc(F)c(Cl)c2)cn1. The van der Waals surface area contributed by atoms with Gasteiger partial charge in [0.05, 0.1) is 30.2 Å². The number of pyridine rings is 1. The molecule has 0 radical (unpaired) electrons. The molecule has 1 aliphatic rings. The highest BCUT2D eigenvalue weighted by molar-refractivity contribution is 7.91. The fourth-order valence-electron chi connectivity index (χ4n) is 2.92. The molecule has 2 amide bonds. The molecular formula is C19H19ClFN3O5S. The van der Waals surface area contributed by atoms with Gasteiger partial charge in [-0.25, -0.2) is 27.4 Å². The number of esters is 1. The van der Waals surface area contributed by atoms with Crippen LogP contribution in [0.15, 0.2) is 36.5 Å². The highest BCUT2D eigenvalue weighted by atomic mass is 35.5. The highest BCUT2D eigenvalue weighted by Gasteiger charge is 2.29. The lowest BCUT2D eigenvalue weighted by molar-refractivity contribution is 0.0594. The third-order valence-corrected chi connectivity index (χ3v) is 6.52. The van der Waals surface area contributed by atoms with Crippen LogP contribution < -0.4 is 4.90 Å². The Bertz CT molecular complexity index is 1050. The van der Waals surface area contributed by atoms with Crippen LogP contribution in [-0.2, 0) is 21.1 Å². The maximum atomic E-state index is 13.6. The normalized spacial score (nSPS) is 15.5. The first-order valence-electron chi connectivity index (χ1n) is 8.95. The smallest absolute Gasteiger partial charge is 0.356 e. The molecule has 8 nitrogen and oxygen atoms in total. The van der Waals surface area contributed by atoms with Crippen molar-refractivity contribution in [3.05, 3.63) is 58.6 Å². The average molecular weight is 456 g/mol. The maximum Gasteiger partial charge on any atom is 0.356 e. The number of sulfone groups is 1. The Labute approximate surface area is 178 Å². The van der Waals surface area contributed by atoms with E-state index in [1.165, 1.54) is 41.3 Å². The molecule has 2 aromatic rings. The number of urea groups is 1. The van der Waals surface area contributed by atoms with Gasteiger partial charge in [0, 0.05) is 25.0 Å². The highest BCUT2D eigenvalue weighted by Crippen LogP contribution is 2.25. The van der Waals surface area contributed by atoms with Crippen molar-refractivity contribution in [3.63, 3.8) is 0 Å². The number of benzene rings is 1. The predicted octanol–water partition coefficient (Wildman–Crippen LogP) is 2.52. The van der Waals surface area contributed by atoms with Crippen molar-refractivity contribution < 1.29 is 27.1 Å². The van der Waals surface area contributed by atoms with Crippen LogP contribution in [0.3, 0.4) is 0 Å². The molecule has 0 N–H and O–H groups in total. The number of nitrogens with zero attached hydrogens (tertiary/aromatic N) is 3. The van der Waals surface area contributed by atoms with Gasteiger partial charge in [0.2, 0.25) is 0 Å². The van der Waals surface area contributed by atoms with Crippen LogP contribution in [0.1, 0.15) is 16.1 Å². The summed E-state index contributed by atoms with van der Waals surface area (Å²) in [6, 6.07) is 6.53. The van der Waals surface area contributed by atoms with E-state index < -0.39 is 27.7 Å². The van der Waals surface area contributed by atoms with Crippen LogP contribution in [0.5, 0.6) is 0 Å². The summed E-state index contributed by atoms with van der Waals surface area (Å²) in [6.07, 6.45) is 1.43. The lowest BCUT2D eigenvalue weighted by atomic mass is 10.2. The van der Waals surface area contributed by atoms with E-state index in [0.29, 0.717) is 11.3 Å². The standard InChI is InChI=1S/C19H19ClFN3O5S/c1-29-18(25)17-5-2-13(11-22-17)12-24(14-3-4-16(21)15(20)10-14)19(26)23-6-8-30(27,28)9-7-23/h2-5,10-11H,6-9,12H2,1H3. The Morgan fingerprint density at radius 1 is 1.23 bits per heavy atom. The van der Waals surface area contributed by atoms with Crippen LogP contribution in [0.4, 0.5) is 14.9 Å². The number of aromatic nitrogens is 1. The van der Waals surface area contributed by atoms with Crippen molar-refractivity contribution in [2.75, 3.05) is 36.6 Å². The molecule has 160 valence electrons. The quantitative estimate of drug-likeness (QED) is 0.657. The second-order valence-corrected chi connectivity index (χ2v) is 9.36. The molecule has 0 saturated carbocycles. The van der Waals surface area contributed by atoms with Crippen LogP contribution in [0.25, 0.3) is 0 Å². The number of hydrogen-bond donors (Lipinski definition) is 0. The molecule has 11 heteroatoms. The number of carbonyl (C=O) groups excluding carboxylic acids is 2. The van der Waals surface area contributed by atoms with Crippen LogP contribution >= 0.6 is 11.6 Å². The fourth-order valence-corrected chi connectivity index (χ4v) is 4.30. The molecule has 3 rings (SSSR count). The zero-order chi connectivity index (χ0) is 21.9. The van der Waals surface area contributed by atoms with Gasteiger partial charge in [0.15, 0.2) is 9.84 Å². The first-order chi connectivity index (χ1) is 14.2. The lowest BCUT2D eigenvalue weighted by Crippen LogP contribution is -2.49. The Morgan fingerprint density at radius 2 is 1.93 bits per heavy atom. The number of carbonyl (C=O) groups is 2. The van der Waals surface area contributed by atoms with Gasteiger partial charge in [-0.1, -0.05) is 17.7 Å². The summed E-state index contributed by atoms with van der Waals surface area (Å²) in [6.45, 7) is 0.177. The molecule has 0 spiro atoms. The van der Waals surface area contributed by atoms with Gasteiger partial charge in [-0.3, -0.25) is 4.90 Å². The third-order valence-electron chi connectivity index (χ3n) is 4.62. The van der Waals surface area contributed by atoms with Crippen LogP contribution in [0, 0.1) is 5.82 Å². The zero-order valence-electron chi connectivity index (χ0n) is 16.0. The average Bonchev–Trinajstić information content (AvgIpc) is 2.73. The van der Waals surface area contributed by atoms with Crippen LogP contribution in [0.2, 0.25) is 5.02 Å². The molecule has 0 aliphatic carbocycles. The molecule has 1 fully saturated rings. The maximum absolute atomic E-state index is 13.6. The summed E-state index contributed by atoms with van der Waals surface area (Å²) >= 11 is 5.89. The van der Waals surface area contributed by atoms with Gasteiger partial charge in [0.1, 0.15) is 11.5 Å². The first kappa shape index (κ1) is 22.0. The Kier molecular flexibility index (Phi) is 6.57. The van der Waals surface area contributed by atoms with E-state index in [4.69, 9.17) is 11.6 Å². The summed E-state index contributed by atoms with van der Waals surface area (Å²) in [5, 5.41) is -0.148. The minimum atomic E-state index is -3.16. The molecule has 1 aromatic carbocycles. The Hall–Kier alpha value is -2.72. The third kappa shape index (κ3) is 5.06. The zero-order valence-corrected chi connectivity index (χ0v) is 17.6. The van der Waals surface area contributed by atoms with Gasteiger partial charge in [-0.2, -0.15) is 0 Å². The van der Waals surface area contributed by atoms with Crippen molar-refractivity contribution in [3.8, 4) is 0 Å². The number of ether oxygens (including phenoxy) is 1. The second kappa shape index (κ2) is 8.97. The first-order valence-corrected chi connectivity index (χ1v) is 11.2. The predicted molar refractivity (Wildman–Crippen MR) is 109 cm³/mol. The number of amides is 2.